The molecule has 1 atom stereocenters. The number of pyridine rings is 1. The number of hydrogen-bond donors (Lipinski definition) is 2. The highest BCUT2D eigenvalue weighted by Gasteiger charge is 2.17. The number of nitrogens with two attached hydrogens (primary N) is 1. The van der Waals surface area contributed by atoms with E-state index >= 15 is 0 Å². The predicted octanol–water partition coefficient (Wildman–Crippen LogP) is 0.344. The average Bonchev–Trinajstić information content (AvgIpc) is 2.36. The quantitative estimate of drug-likeness (QED) is 0.748. The first-order chi connectivity index (χ1) is 8.21. The Bertz CT molecular complexity index is 369. The van der Waals surface area contributed by atoms with Gasteiger partial charge < -0.3 is 15.8 Å². The highest BCUT2D eigenvalue weighted by atomic mass is 16.5. The summed E-state index contributed by atoms with van der Waals surface area (Å²) in [6.45, 7) is 2.81. The molecule has 0 radical (unpaired) electrons. The van der Waals surface area contributed by atoms with Gasteiger partial charge in [0.15, 0.2) is 0 Å². The number of nitrogens with zero attached hydrogens (tertiary/aromatic N) is 1. The zero-order valence-electron chi connectivity index (χ0n) is 10.3. The summed E-state index contributed by atoms with van der Waals surface area (Å²) in [6.07, 6.45) is 0.527. The van der Waals surface area contributed by atoms with Crippen molar-refractivity contribution in [1.29, 1.82) is 0 Å². The van der Waals surface area contributed by atoms with Gasteiger partial charge in [-0.25, -0.2) is 4.98 Å². The van der Waals surface area contributed by atoms with E-state index in [1.165, 1.54) is 0 Å². The Kier molecular flexibility index (Phi) is 5.42. The summed E-state index contributed by atoms with van der Waals surface area (Å²) in [5, 5.41) is 2.77. The lowest BCUT2D eigenvalue weighted by Crippen LogP contribution is -2.36. The summed E-state index contributed by atoms with van der Waals surface area (Å²) in [4.78, 5) is 15.9. The maximum absolute atomic E-state index is 11.7. The van der Waals surface area contributed by atoms with Gasteiger partial charge in [-0.05, 0) is 13.0 Å². The standard InChI is InChI=1S/C12H19N3O2/c1-3-14-12(16)9(8-13)7-10-5-4-6-11(15-10)17-2/h4-6,9H,3,7-8,13H2,1-2H3,(H,14,16). The number of rotatable bonds is 6. The van der Waals surface area contributed by atoms with Crippen LogP contribution in [0.2, 0.25) is 0 Å². The van der Waals surface area contributed by atoms with Crippen molar-refractivity contribution in [2.75, 3.05) is 20.2 Å². The topological polar surface area (TPSA) is 77.2 Å². The molecule has 0 aliphatic heterocycles. The van der Waals surface area contributed by atoms with Crippen molar-refractivity contribution in [2.24, 2.45) is 11.7 Å². The van der Waals surface area contributed by atoms with E-state index in [0.29, 0.717) is 25.4 Å². The molecule has 0 saturated heterocycles. The molecule has 1 aromatic heterocycles. The smallest absolute Gasteiger partial charge is 0.224 e. The number of amides is 1. The lowest BCUT2D eigenvalue weighted by atomic mass is 10.0. The minimum absolute atomic E-state index is 0.0281. The molecule has 5 nitrogen and oxygen atoms in total. The molecule has 0 fully saturated rings. The molecule has 17 heavy (non-hydrogen) atoms. The second kappa shape index (κ2) is 6.85. The van der Waals surface area contributed by atoms with Crippen molar-refractivity contribution < 1.29 is 9.53 Å². The lowest BCUT2D eigenvalue weighted by molar-refractivity contribution is -0.124. The Morgan fingerprint density at radius 3 is 2.94 bits per heavy atom. The maximum Gasteiger partial charge on any atom is 0.224 e. The molecule has 1 amide bonds. The van der Waals surface area contributed by atoms with Gasteiger partial charge in [0.25, 0.3) is 0 Å². The monoisotopic (exact) mass is 237 g/mol. The SMILES string of the molecule is CCNC(=O)C(CN)Cc1cccc(OC)n1. The summed E-state index contributed by atoms with van der Waals surface area (Å²) < 4.78 is 5.04. The fourth-order valence-electron chi connectivity index (χ4n) is 1.54. The summed E-state index contributed by atoms with van der Waals surface area (Å²) in [6, 6.07) is 5.49. The third kappa shape index (κ3) is 4.03. The van der Waals surface area contributed by atoms with E-state index in [2.05, 4.69) is 10.3 Å². The molecular formula is C12H19N3O2. The lowest BCUT2D eigenvalue weighted by Gasteiger charge is -2.13. The Balaban J connectivity index is 2.69. The first-order valence-corrected chi connectivity index (χ1v) is 5.69. The first kappa shape index (κ1) is 13.4. The van der Waals surface area contributed by atoms with Gasteiger partial charge >= 0.3 is 0 Å². The van der Waals surface area contributed by atoms with Gasteiger partial charge in [-0.15, -0.1) is 0 Å². The summed E-state index contributed by atoms with van der Waals surface area (Å²) in [7, 11) is 1.57. The molecule has 0 bridgehead atoms. The molecule has 0 saturated carbocycles. The molecule has 5 heteroatoms. The first-order valence-electron chi connectivity index (χ1n) is 5.69. The van der Waals surface area contributed by atoms with E-state index in [-0.39, 0.29) is 11.8 Å². The zero-order chi connectivity index (χ0) is 12.7. The summed E-state index contributed by atoms with van der Waals surface area (Å²) >= 11 is 0. The number of nitrogens with one attached hydrogen (secondary N) is 1. The molecule has 0 aliphatic carbocycles. The number of ether oxygens (including phenoxy) is 1. The van der Waals surface area contributed by atoms with Crippen LogP contribution in [0.4, 0.5) is 0 Å². The van der Waals surface area contributed by atoms with Crippen LogP contribution in [-0.4, -0.2) is 31.1 Å². The third-order valence-electron chi connectivity index (χ3n) is 2.45. The van der Waals surface area contributed by atoms with Gasteiger partial charge in [0.1, 0.15) is 0 Å². The Hall–Kier alpha value is -1.62. The number of hydrogen-bond acceptors (Lipinski definition) is 4. The van der Waals surface area contributed by atoms with Gasteiger partial charge in [0, 0.05) is 31.3 Å². The van der Waals surface area contributed by atoms with Crippen LogP contribution in [0.3, 0.4) is 0 Å². The van der Waals surface area contributed by atoms with E-state index in [1.54, 1.807) is 13.2 Å². The Labute approximate surface area is 101 Å². The van der Waals surface area contributed by atoms with Crippen LogP contribution in [0.1, 0.15) is 12.6 Å². The number of methoxy groups -OCH3 is 1. The molecule has 0 aliphatic rings. The number of carbonyl (C=O) groups is 1. The van der Waals surface area contributed by atoms with Crippen LogP contribution in [0, 0.1) is 5.92 Å². The highest BCUT2D eigenvalue weighted by Crippen LogP contribution is 2.11. The van der Waals surface area contributed by atoms with Crippen LogP contribution in [0.15, 0.2) is 18.2 Å². The van der Waals surface area contributed by atoms with E-state index in [1.807, 2.05) is 19.1 Å². The van der Waals surface area contributed by atoms with Crippen molar-refractivity contribution in [3.05, 3.63) is 23.9 Å². The molecule has 0 aromatic carbocycles. The molecule has 3 N–H and O–H groups in total. The zero-order valence-corrected chi connectivity index (χ0v) is 10.3. The van der Waals surface area contributed by atoms with Crippen LogP contribution in [-0.2, 0) is 11.2 Å². The molecule has 1 heterocycles. The molecule has 0 spiro atoms. The van der Waals surface area contributed by atoms with Gasteiger partial charge in [0.05, 0.1) is 13.0 Å². The normalized spacial score (nSPS) is 11.9. The van der Waals surface area contributed by atoms with Crippen molar-refractivity contribution in [3.8, 4) is 5.88 Å². The van der Waals surface area contributed by atoms with E-state index in [0.717, 1.165) is 5.69 Å². The largest absolute Gasteiger partial charge is 0.481 e. The van der Waals surface area contributed by atoms with E-state index in [9.17, 15) is 4.79 Å². The Morgan fingerprint density at radius 2 is 2.35 bits per heavy atom. The second-order valence-corrected chi connectivity index (χ2v) is 3.70. The molecular weight excluding hydrogens is 218 g/mol. The predicted molar refractivity (Wildman–Crippen MR) is 65.7 cm³/mol. The molecule has 1 aromatic rings. The van der Waals surface area contributed by atoms with Gasteiger partial charge in [0.2, 0.25) is 11.8 Å². The van der Waals surface area contributed by atoms with Gasteiger partial charge in [-0.3, -0.25) is 4.79 Å². The van der Waals surface area contributed by atoms with Crippen molar-refractivity contribution in [1.82, 2.24) is 10.3 Å². The molecule has 1 unspecified atom stereocenters. The minimum Gasteiger partial charge on any atom is -0.481 e. The average molecular weight is 237 g/mol. The minimum atomic E-state index is -0.241. The summed E-state index contributed by atoms with van der Waals surface area (Å²) in [5.41, 5.74) is 6.41. The van der Waals surface area contributed by atoms with E-state index in [4.69, 9.17) is 10.5 Å². The fourth-order valence-corrected chi connectivity index (χ4v) is 1.54. The maximum atomic E-state index is 11.7. The van der Waals surface area contributed by atoms with Crippen LogP contribution in [0.5, 0.6) is 5.88 Å². The number of aromatic nitrogens is 1. The van der Waals surface area contributed by atoms with Gasteiger partial charge in [-0.2, -0.15) is 0 Å². The van der Waals surface area contributed by atoms with Crippen LogP contribution >= 0.6 is 0 Å². The van der Waals surface area contributed by atoms with Crippen molar-refractivity contribution >= 4 is 5.91 Å². The number of carbonyl (C=O) groups excluding carboxylic acids is 1. The van der Waals surface area contributed by atoms with Crippen LogP contribution in [0.25, 0.3) is 0 Å². The van der Waals surface area contributed by atoms with Crippen molar-refractivity contribution in [3.63, 3.8) is 0 Å². The fraction of sp³-hybridized carbons (Fsp3) is 0.500. The molecule has 94 valence electrons. The second-order valence-electron chi connectivity index (χ2n) is 3.70. The Morgan fingerprint density at radius 1 is 1.59 bits per heavy atom. The third-order valence-corrected chi connectivity index (χ3v) is 2.45. The van der Waals surface area contributed by atoms with Crippen LogP contribution < -0.4 is 15.8 Å². The van der Waals surface area contributed by atoms with E-state index < -0.39 is 0 Å². The van der Waals surface area contributed by atoms with Gasteiger partial charge in [-0.1, -0.05) is 6.07 Å². The molecule has 1 rings (SSSR count). The summed E-state index contributed by atoms with van der Waals surface area (Å²) in [5.74, 6) is 0.281. The highest BCUT2D eigenvalue weighted by molar-refractivity contribution is 5.79. The van der Waals surface area contributed by atoms with Crippen molar-refractivity contribution in [2.45, 2.75) is 13.3 Å².